The van der Waals surface area contributed by atoms with Crippen molar-refractivity contribution < 1.29 is 4.74 Å². The molecule has 10 heteroatoms. The monoisotopic (exact) mass is 566 g/mol. The van der Waals surface area contributed by atoms with E-state index in [1.165, 1.54) is 10.9 Å². The standard InChI is InChI=1S/C23H34N8O.HI/c1-19-27-28-22(29(19)2)18-26-23(25-10-13-30-14-16-32-17-15-30)24-9-5-11-31-12-8-20-6-3-4-7-21(20)31;/h3-4,6-8,12H,5,9-11,13-18H2,1-2H3,(H2,24,25,26);1H. The van der Waals surface area contributed by atoms with Crippen molar-refractivity contribution in [3.63, 3.8) is 0 Å². The maximum Gasteiger partial charge on any atom is 0.191 e. The molecular formula is C23H35IN8O. The van der Waals surface area contributed by atoms with Gasteiger partial charge in [0, 0.05) is 58.0 Å². The van der Waals surface area contributed by atoms with E-state index in [-0.39, 0.29) is 24.0 Å². The lowest BCUT2D eigenvalue weighted by molar-refractivity contribution is 0.0389. The molecule has 3 heterocycles. The number of aryl methyl sites for hydroxylation is 2. The summed E-state index contributed by atoms with van der Waals surface area (Å²) in [6.45, 7) is 9.68. The first-order chi connectivity index (χ1) is 15.7. The Hall–Kier alpha value is -2.18. The van der Waals surface area contributed by atoms with Crippen molar-refractivity contribution in [3.8, 4) is 0 Å². The maximum atomic E-state index is 5.44. The van der Waals surface area contributed by atoms with Gasteiger partial charge in [-0.15, -0.1) is 34.2 Å². The molecule has 3 aromatic rings. The molecule has 2 aromatic heterocycles. The van der Waals surface area contributed by atoms with Crippen molar-refractivity contribution in [1.29, 1.82) is 0 Å². The third-order valence-electron chi connectivity index (χ3n) is 5.93. The lowest BCUT2D eigenvalue weighted by Gasteiger charge is -2.26. The van der Waals surface area contributed by atoms with Gasteiger partial charge in [-0.3, -0.25) is 4.90 Å². The van der Waals surface area contributed by atoms with E-state index >= 15 is 0 Å². The van der Waals surface area contributed by atoms with Gasteiger partial charge in [0.2, 0.25) is 0 Å². The van der Waals surface area contributed by atoms with Crippen LogP contribution in [0.5, 0.6) is 0 Å². The number of ether oxygens (including phenoxy) is 1. The normalized spacial score (nSPS) is 14.9. The first-order valence-corrected chi connectivity index (χ1v) is 11.4. The van der Waals surface area contributed by atoms with Crippen LogP contribution in [0.25, 0.3) is 10.9 Å². The summed E-state index contributed by atoms with van der Waals surface area (Å²) in [5.74, 6) is 2.57. The van der Waals surface area contributed by atoms with Gasteiger partial charge in [-0.1, -0.05) is 18.2 Å². The topological polar surface area (TPSA) is 84.5 Å². The number of halogens is 1. The minimum absolute atomic E-state index is 0. The van der Waals surface area contributed by atoms with E-state index in [4.69, 9.17) is 9.73 Å². The van der Waals surface area contributed by atoms with Gasteiger partial charge in [-0.05, 0) is 30.9 Å². The van der Waals surface area contributed by atoms with Crippen molar-refractivity contribution in [2.45, 2.75) is 26.4 Å². The van der Waals surface area contributed by atoms with Crippen LogP contribution in [0.15, 0.2) is 41.5 Å². The highest BCUT2D eigenvalue weighted by Gasteiger charge is 2.10. The quantitative estimate of drug-likeness (QED) is 0.179. The highest BCUT2D eigenvalue weighted by Crippen LogP contribution is 2.15. The molecule has 1 saturated heterocycles. The van der Waals surface area contributed by atoms with E-state index in [0.29, 0.717) is 6.54 Å². The summed E-state index contributed by atoms with van der Waals surface area (Å²) in [5, 5.41) is 16.6. The van der Waals surface area contributed by atoms with Crippen LogP contribution in [0.2, 0.25) is 0 Å². The van der Waals surface area contributed by atoms with Crippen LogP contribution in [0, 0.1) is 6.92 Å². The Kier molecular flexibility index (Phi) is 9.95. The molecule has 33 heavy (non-hydrogen) atoms. The summed E-state index contributed by atoms with van der Waals surface area (Å²) in [7, 11) is 1.97. The van der Waals surface area contributed by atoms with Gasteiger partial charge in [0.1, 0.15) is 12.4 Å². The predicted molar refractivity (Wildman–Crippen MR) is 142 cm³/mol. The van der Waals surface area contributed by atoms with Gasteiger partial charge < -0.3 is 24.5 Å². The Morgan fingerprint density at radius 1 is 1.06 bits per heavy atom. The van der Waals surface area contributed by atoms with Crippen LogP contribution >= 0.6 is 24.0 Å². The highest BCUT2D eigenvalue weighted by atomic mass is 127. The molecule has 0 saturated carbocycles. The molecule has 0 bridgehead atoms. The summed E-state index contributed by atoms with van der Waals surface area (Å²) in [4.78, 5) is 7.17. The Labute approximate surface area is 212 Å². The molecule has 9 nitrogen and oxygen atoms in total. The molecular weight excluding hydrogens is 531 g/mol. The first-order valence-electron chi connectivity index (χ1n) is 11.4. The number of hydrogen-bond acceptors (Lipinski definition) is 5. The Morgan fingerprint density at radius 3 is 2.64 bits per heavy atom. The van der Waals surface area contributed by atoms with Gasteiger partial charge in [-0.2, -0.15) is 0 Å². The molecule has 1 aromatic carbocycles. The number of nitrogens with zero attached hydrogens (tertiary/aromatic N) is 6. The summed E-state index contributed by atoms with van der Waals surface area (Å²) < 4.78 is 9.72. The molecule has 0 amide bonds. The second-order valence-electron chi connectivity index (χ2n) is 8.12. The summed E-state index contributed by atoms with van der Waals surface area (Å²) in [6, 6.07) is 10.7. The number of aromatic nitrogens is 4. The van der Waals surface area contributed by atoms with E-state index in [9.17, 15) is 0 Å². The number of rotatable bonds is 9. The average Bonchev–Trinajstić information content (AvgIpc) is 3.38. The average molecular weight is 566 g/mol. The highest BCUT2D eigenvalue weighted by molar-refractivity contribution is 14.0. The SMILES string of the molecule is Cc1nnc(CN=C(NCCCn2ccc3ccccc32)NCCN2CCOCC2)n1C.I. The number of benzene rings is 1. The molecule has 180 valence electrons. The third kappa shape index (κ3) is 7.15. The van der Waals surface area contributed by atoms with E-state index < -0.39 is 0 Å². The number of aliphatic imine (C=N–C) groups is 1. The third-order valence-corrected chi connectivity index (χ3v) is 5.93. The fraction of sp³-hybridized carbons (Fsp3) is 0.522. The van der Waals surface area contributed by atoms with Crippen molar-refractivity contribution >= 4 is 40.8 Å². The molecule has 1 aliphatic rings. The molecule has 0 unspecified atom stereocenters. The van der Waals surface area contributed by atoms with Crippen molar-refractivity contribution in [2.24, 2.45) is 12.0 Å². The second-order valence-corrected chi connectivity index (χ2v) is 8.12. The maximum absolute atomic E-state index is 5.44. The summed E-state index contributed by atoms with van der Waals surface area (Å²) in [5.41, 5.74) is 1.28. The molecule has 1 aliphatic heterocycles. The van der Waals surface area contributed by atoms with Crippen LogP contribution in [-0.4, -0.2) is 76.1 Å². The fourth-order valence-corrected chi connectivity index (χ4v) is 3.86. The first kappa shape index (κ1) is 25.4. The van der Waals surface area contributed by atoms with Crippen LogP contribution in [0.4, 0.5) is 0 Å². The lowest BCUT2D eigenvalue weighted by Crippen LogP contribution is -2.44. The van der Waals surface area contributed by atoms with Crippen LogP contribution in [0.1, 0.15) is 18.1 Å². The smallest absolute Gasteiger partial charge is 0.191 e. The Bertz CT molecular complexity index is 1020. The van der Waals surface area contributed by atoms with Gasteiger partial charge in [-0.25, -0.2) is 4.99 Å². The van der Waals surface area contributed by atoms with Crippen molar-refractivity contribution in [3.05, 3.63) is 48.2 Å². The molecule has 4 rings (SSSR count). The zero-order valence-electron chi connectivity index (χ0n) is 19.5. The lowest BCUT2D eigenvalue weighted by atomic mass is 10.2. The van der Waals surface area contributed by atoms with E-state index in [1.54, 1.807) is 0 Å². The van der Waals surface area contributed by atoms with Crippen LogP contribution < -0.4 is 10.6 Å². The van der Waals surface area contributed by atoms with E-state index in [1.807, 2.05) is 18.5 Å². The number of hydrogen-bond donors (Lipinski definition) is 2. The van der Waals surface area contributed by atoms with Gasteiger partial charge in [0.15, 0.2) is 11.8 Å². The molecule has 0 aliphatic carbocycles. The minimum atomic E-state index is 0. The molecule has 2 N–H and O–H groups in total. The second kappa shape index (κ2) is 12.9. The van der Waals surface area contributed by atoms with Crippen molar-refractivity contribution in [1.82, 2.24) is 34.9 Å². The minimum Gasteiger partial charge on any atom is -0.379 e. The van der Waals surface area contributed by atoms with Crippen molar-refractivity contribution in [2.75, 3.05) is 45.9 Å². The van der Waals surface area contributed by atoms with E-state index in [0.717, 1.165) is 76.5 Å². The molecule has 1 fully saturated rings. The Morgan fingerprint density at radius 2 is 1.85 bits per heavy atom. The number of guanidine groups is 1. The zero-order valence-corrected chi connectivity index (χ0v) is 21.9. The number of morpholine rings is 1. The van der Waals surface area contributed by atoms with Gasteiger partial charge in [0.05, 0.1) is 13.2 Å². The predicted octanol–water partition coefficient (Wildman–Crippen LogP) is 2.15. The number of nitrogens with one attached hydrogen (secondary N) is 2. The zero-order chi connectivity index (χ0) is 22.2. The van der Waals surface area contributed by atoms with Crippen LogP contribution in [-0.2, 0) is 24.9 Å². The van der Waals surface area contributed by atoms with Crippen LogP contribution in [0.3, 0.4) is 0 Å². The largest absolute Gasteiger partial charge is 0.379 e. The molecule has 0 atom stereocenters. The molecule has 0 radical (unpaired) electrons. The number of para-hydroxylation sites is 1. The van der Waals surface area contributed by atoms with E-state index in [2.05, 4.69) is 66.8 Å². The summed E-state index contributed by atoms with van der Waals surface area (Å²) in [6.07, 6.45) is 3.17. The fourth-order valence-electron chi connectivity index (χ4n) is 3.86. The molecule has 0 spiro atoms. The van der Waals surface area contributed by atoms with Gasteiger partial charge in [0.25, 0.3) is 0 Å². The number of fused-ring (bicyclic) bond motifs is 1. The van der Waals surface area contributed by atoms with Gasteiger partial charge >= 0.3 is 0 Å². The summed E-state index contributed by atoms with van der Waals surface area (Å²) >= 11 is 0. The Balaban J connectivity index is 0.00000306.